The van der Waals surface area contributed by atoms with Gasteiger partial charge in [0, 0.05) is 37.9 Å². The zero-order valence-corrected chi connectivity index (χ0v) is 13.9. The Hall–Kier alpha value is -1.06. The molecule has 2 N–H and O–H groups in total. The van der Waals surface area contributed by atoms with Crippen LogP contribution in [0.4, 0.5) is 5.69 Å². The van der Waals surface area contributed by atoms with Gasteiger partial charge in [0.05, 0.1) is 5.54 Å². The van der Waals surface area contributed by atoms with Crippen molar-refractivity contribution in [2.45, 2.75) is 51.6 Å². The first-order chi connectivity index (χ1) is 10.1. The van der Waals surface area contributed by atoms with Crippen molar-refractivity contribution in [1.82, 2.24) is 4.90 Å². The largest absolute Gasteiger partial charge is 0.363 e. The van der Waals surface area contributed by atoms with Crippen LogP contribution in [-0.2, 0) is 0 Å². The van der Waals surface area contributed by atoms with Gasteiger partial charge in [-0.3, -0.25) is 4.90 Å². The van der Waals surface area contributed by atoms with E-state index in [1.54, 1.807) is 0 Å². The summed E-state index contributed by atoms with van der Waals surface area (Å²) in [5.74, 6) is 0. The van der Waals surface area contributed by atoms with Crippen LogP contribution in [0.15, 0.2) is 30.3 Å². The van der Waals surface area contributed by atoms with Crippen molar-refractivity contribution in [2.75, 3.05) is 31.1 Å². The van der Waals surface area contributed by atoms with E-state index in [0.29, 0.717) is 6.04 Å². The number of unbranched alkanes of at least 4 members (excludes halogenated alkanes) is 1. The van der Waals surface area contributed by atoms with Crippen LogP contribution in [0.2, 0.25) is 0 Å². The average molecular weight is 289 g/mol. The number of likely N-dealkylation sites (tertiary alicyclic amines) is 1. The molecule has 118 valence electrons. The van der Waals surface area contributed by atoms with Gasteiger partial charge in [-0.05, 0) is 38.8 Å². The lowest BCUT2D eigenvalue weighted by Crippen LogP contribution is -2.56. The number of nitrogens with two attached hydrogens (primary N) is 1. The summed E-state index contributed by atoms with van der Waals surface area (Å²) in [5, 5.41) is 0. The Morgan fingerprint density at radius 3 is 2.52 bits per heavy atom. The molecule has 1 fully saturated rings. The van der Waals surface area contributed by atoms with E-state index in [0.717, 1.165) is 26.2 Å². The fourth-order valence-corrected chi connectivity index (χ4v) is 3.39. The third-order valence-electron chi connectivity index (χ3n) is 4.85. The quantitative estimate of drug-likeness (QED) is 0.837. The summed E-state index contributed by atoms with van der Waals surface area (Å²) in [4.78, 5) is 5.15. The molecule has 1 aliphatic heterocycles. The van der Waals surface area contributed by atoms with E-state index in [-0.39, 0.29) is 5.54 Å². The molecule has 0 radical (unpaired) electrons. The van der Waals surface area contributed by atoms with Crippen LogP contribution in [0.25, 0.3) is 0 Å². The van der Waals surface area contributed by atoms with Gasteiger partial charge in [-0.1, -0.05) is 31.5 Å². The number of para-hydroxylation sites is 1. The molecule has 1 atom stereocenters. The zero-order valence-electron chi connectivity index (χ0n) is 13.9. The third kappa shape index (κ3) is 3.58. The molecule has 0 saturated carbocycles. The zero-order chi connectivity index (χ0) is 15.3. The minimum atomic E-state index is 0.0980. The summed E-state index contributed by atoms with van der Waals surface area (Å²) >= 11 is 0. The summed E-state index contributed by atoms with van der Waals surface area (Å²) in [6.45, 7) is 10.9. The molecular formula is C18H31N3. The van der Waals surface area contributed by atoms with Gasteiger partial charge >= 0.3 is 0 Å². The number of anilines is 1. The molecule has 1 aromatic carbocycles. The number of hydrogen-bond acceptors (Lipinski definition) is 3. The SMILES string of the molecule is CCCCN(c1ccccc1)C1(CN)CCN(C(C)C)C1. The molecule has 0 aliphatic carbocycles. The molecule has 0 spiro atoms. The molecule has 0 bridgehead atoms. The van der Waals surface area contributed by atoms with Gasteiger partial charge in [0.15, 0.2) is 0 Å². The number of hydrogen-bond donors (Lipinski definition) is 1. The molecular weight excluding hydrogens is 258 g/mol. The second kappa shape index (κ2) is 7.28. The second-order valence-electron chi connectivity index (χ2n) is 6.58. The van der Waals surface area contributed by atoms with Crippen LogP contribution in [0.5, 0.6) is 0 Å². The molecule has 0 amide bonds. The van der Waals surface area contributed by atoms with Gasteiger partial charge in [-0.15, -0.1) is 0 Å². The molecule has 3 nitrogen and oxygen atoms in total. The lowest BCUT2D eigenvalue weighted by atomic mass is 9.94. The highest BCUT2D eigenvalue weighted by Crippen LogP contribution is 2.33. The Labute approximate surface area is 130 Å². The van der Waals surface area contributed by atoms with E-state index in [2.05, 4.69) is 60.9 Å². The van der Waals surface area contributed by atoms with E-state index in [4.69, 9.17) is 5.73 Å². The van der Waals surface area contributed by atoms with Gasteiger partial charge < -0.3 is 10.6 Å². The maximum absolute atomic E-state index is 6.27. The van der Waals surface area contributed by atoms with Gasteiger partial charge in [0.25, 0.3) is 0 Å². The molecule has 1 aromatic rings. The predicted molar refractivity (Wildman–Crippen MR) is 91.8 cm³/mol. The Morgan fingerprint density at radius 1 is 1.29 bits per heavy atom. The molecule has 1 aliphatic rings. The van der Waals surface area contributed by atoms with Crippen molar-refractivity contribution in [1.29, 1.82) is 0 Å². The molecule has 1 unspecified atom stereocenters. The van der Waals surface area contributed by atoms with Gasteiger partial charge in [0.2, 0.25) is 0 Å². The van der Waals surface area contributed by atoms with E-state index < -0.39 is 0 Å². The predicted octanol–water partition coefficient (Wildman–Crippen LogP) is 3.10. The molecule has 1 saturated heterocycles. The van der Waals surface area contributed by atoms with Crippen LogP contribution in [0.1, 0.15) is 40.0 Å². The minimum Gasteiger partial charge on any atom is -0.363 e. The summed E-state index contributed by atoms with van der Waals surface area (Å²) in [6, 6.07) is 11.4. The van der Waals surface area contributed by atoms with Crippen LogP contribution >= 0.6 is 0 Å². The Morgan fingerprint density at radius 2 is 2.00 bits per heavy atom. The lowest BCUT2D eigenvalue weighted by Gasteiger charge is -2.43. The molecule has 1 heterocycles. The molecule has 3 heteroatoms. The first-order valence-corrected chi connectivity index (χ1v) is 8.40. The number of benzene rings is 1. The smallest absolute Gasteiger partial charge is 0.0662 e. The standard InChI is InChI=1S/C18H31N3/c1-4-5-12-21(17-9-7-6-8-10-17)18(14-19)11-13-20(15-18)16(2)3/h6-10,16H,4-5,11-15,19H2,1-3H3. The highest BCUT2D eigenvalue weighted by molar-refractivity contribution is 5.50. The van der Waals surface area contributed by atoms with Crippen LogP contribution in [-0.4, -0.2) is 42.7 Å². The van der Waals surface area contributed by atoms with E-state index in [1.807, 2.05) is 0 Å². The van der Waals surface area contributed by atoms with E-state index in [9.17, 15) is 0 Å². The van der Waals surface area contributed by atoms with E-state index >= 15 is 0 Å². The fourth-order valence-electron chi connectivity index (χ4n) is 3.39. The molecule has 2 rings (SSSR count). The van der Waals surface area contributed by atoms with Crippen LogP contribution in [0.3, 0.4) is 0 Å². The highest BCUT2D eigenvalue weighted by Gasteiger charge is 2.42. The van der Waals surface area contributed by atoms with Gasteiger partial charge in [-0.25, -0.2) is 0 Å². The summed E-state index contributed by atoms with van der Waals surface area (Å²) in [5.41, 5.74) is 7.69. The van der Waals surface area contributed by atoms with Crippen LogP contribution < -0.4 is 10.6 Å². The molecule has 21 heavy (non-hydrogen) atoms. The monoisotopic (exact) mass is 289 g/mol. The average Bonchev–Trinajstić information content (AvgIpc) is 2.95. The van der Waals surface area contributed by atoms with Crippen molar-refractivity contribution >= 4 is 5.69 Å². The maximum atomic E-state index is 6.27. The Bertz CT molecular complexity index is 418. The maximum Gasteiger partial charge on any atom is 0.0662 e. The van der Waals surface area contributed by atoms with Crippen molar-refractivity contribution in [3.05, 3.63) is 30.3 Å². The minimum absolute atomic E-state index is 0.0980. The second-order valence-corrected chi connectivity index (χ2v) is 6.58. The van der Waals surface area contributed by atoms with Gasteiger partial charge in [-0.2, -0.15) is 0 Å². The Balaban J connectivity index is 2.25. The number of nitrogens with zero attached hydrogens (tertiary/aromatic N) is 2. The Kier molecular flexibility index (Phi) is 5.65. The summed E-state index contributed by atoms with van der Waals surface area (Å²) in [6.07, 6.45) is 3.61. The third-order valence-corrected chi connectivity index (χ3v) is 4.85. The molecule has 0 aromatic heterocycles. The van der Waals surface area contributed by atoms with Crippen molar-refractivity contribution in [3.8, 4) is 0 Å². The first kappa shape index (κ1) is 16.3. The van der Waals surface area contributed by atoms with E-state index in [1.165, 1.54) is 24.9 Å². The van der Waals surface area contributed by atoms with Crippen molar-refractivity contribution in [3.63, 3.8) is 0 Å². The lowest BCUT2D eigenvalue weighted by molar-refractivity contribution is 0.253. The normalized spacial score (nSPS) is 22.9. The first-order valence-electron chi connectivity index (χ1n) is 8.40. The summed E-state index contributed by atoms with van der Waals surface area (Å²) in [7, 11) is 0. The topological polar surface area (TPSA) is 32.5 Å². The fraction of sp³-hybridized carbons (Fsp3) is 0.667. The van der Waals surface area contributed by atoms with Crippen molar-refractivity contribution in [2.24, 2.45) is 5.73 Å². The van der Waals surface area contributed by atoms with Gasteiger partial charge in [0.1, 0.15) is 0 Å². The summed E-state index contributed by atoms with van der Waals surface area (Å²) < 4.78 is 0. The van der Waals surface area contributed by atoms with Crippen LogP contribution in [0, 0.1) is 0 Å². The van der Waals surface area contributed by atoms with Crippen molar-refractivity contribution < 1.29 is 0 Å². The highest BCUT2D eigenvalue weighted by atomic mass is 15.3. The number of rotatable bonds is 7.